The number of nitrogens with one attached hydrogen (secondary N) is 1. The third-order valence-corrected chi connectivity index (χ3v) is 4.05. The maximum Gasteiger partial charge on any atom is 0.388 e. The number of ether oxygens (including phenoxy) is 2. The molecule has 1 aliphatic rings. The molecule has 8 heteroatoms. The normalized spacial score (nSPS) is 13.2. The van der Waals surface area contributed by atoms with E-state index in [1.807, 2.05) is 24.3 Å². The quantitative estimate of drug-likeness (QED) is 0.772. The number of hydrogen-bond acceptors (Lipinski definition) is 6. The van der Waals surface area contributed by atoms with Gasteiger partial charge in [0.2, 0.25) is 11.8 Å². The van der Waals surface area contributed by atoms with E-state index in [1.165, 1.54) is 12.4 Å². The molecule has 0 saturated heterocycles. The summed E-state index contributed by atoms with van der Waals surface area (Å²) in [4.78, 5) is 12.5. The van der Waals surface area contributed by atoms with Crippen LogP contribution in [0.1, 0.15) is 11.1 Å². The molecule has 0 aliphatic carbocycles. The Labute approximate surface area is 147 Å². The number of pyridine rings is 1. The summed E-state index contributed by atoms with van der Waals surface area (Å²) < 4.78 is 34.5. The molecule has 4 rings (SSSR count). The Hall–Kier alpha value is -3.29. The third kappa shape index (κ3) is 2.90. The van der Waals surface area contributed by atoms with Crippen LogP contribution in [0.3, 0.4) is 0 Å². The van der Waals surface area contributed by atoms with Crippen LogP contribution in [-0.4, -0.2) is 35.2 Å². The van der Waals surface area contributed by atoms with Crippen molar-refractivity contribution < 1.29 is 18.3 Å². The number of nitrogens with zero attached hydrogens (tertiary/aromatic N) is 3. The first-order chi connectivity index (χ1) is 12.7. The van der Waals surface area contributed by atoms with Crippen LogP contribution < -0.4 is 14.8 Å². The summed E-state index contributed by atoms with van der Waals surface area (Å²) in [5.41, 5.74) is 3.43. The number of benzene rings is 1. The minimum absolute atomic E-state index is 0.124. The number of alkyl halides is 2. The number of halogens is 2. The molecule has 3 heterocycles. The van der Waals surface area contributed by atoms with E-state index in [0.717, 1.165) is 27.6 Å². The molecular formula is C18H14F2N4O2. The van der Waals surface area contributed by atoms with Crippen molar-refractivity contribution >= 4 is 22.3 Å². The van der Waals surface area contributed by atoms with E-state index < -0.39 is 6.61 Å². The minimum atomic E-state index is -2.91. The zero-order chi connectivity index (χ0) is 18.1. The predicted molar refractivity (Wildman–Crippen MR) is 92.5 cm³/mol. The Kier molecular flexibility index (Phi) is 4.08. The average Bonchev–Trinajstić information content (AvgIpc) is 2.66. The van der Waals surface area contributed by atoms with E-state index in [1.54, 1.807) is 13.2 Å². The second-order valence-electron chi connectivity index (χ2n) is 5.54. The maximum absolute atomic E-state index is 12.4. The average molecular weight is 356 g/mol. The van der Waals surface area contributed by atoms with Crippen LogP contribution in [0.15, 0.2) is 42.7 Å². The summed E-state index contributed by atoms with van der Waals surface area (Å²) in [6.07, 6.45) is 3.46. The van der Waals surface area contributed by atoms with Gasteiger partial charge in [-0.2, -0.15) is 13.8 Å². The van der Waals surface area contributed by atoms with Crippen LogP contribution in [0, 0.1) is 0 Å². The number of rotatable bonds is 4. The second-order valence-corrected chi connectivity index (χ2v) is 5.54. The molecule has 0 fully saturated rings. The van der Waals surface area contributed by atoms with Gasteiger partial charge in [0, 0.05) is 18.2 Å². The Morgan fingerprint density at radius 1 is 1.15 bits per heavy atom. The predicted octanol–water partition coefficient (Wildman–Crippen LogP) is 3.49. The topological polar surface area (TPSA) is 69.2 Å². The van der Waals surface area contributed by atoms with Gasteiger partial charge >= 0.3 is 6.61 Å². The molecule has 2 aromatic heterocycles. The van der Waals surface area contributed by atoms with Gasteiger partial charge in [-0.15, -0.1) is 0 Å². The molecule has 0 spiro atoms. The molecule has 0 amide bonds. The first kappa shape index (κ1) is 16.2. The van der Waals surface area contributed by atoms with Crippen LogP contribution in [0.5, 0.6) is 11.8 Å². The van der Waals surface area contributed by atoms with E-state index >= 15 is 0 Å². The summed E-state index contributed by atoms with van der Waals surface area (Å²) in [6.45, 7) is -2.39. The van der Waals surface area contributed by atoms with Gasteiger partial charge in [-0.05, 0) is 29.3 Å². The molecule has 1 N–H and O–H groups in total. The molecule has 0 radical (unpaired) electrons. The summed E-state index contributed by atoms with van der Waals surface area (Å²) in [6, 6.07) is 8.91. The lowest BCUT2D eigenvalue weighted by Gasteiger charge is -2.20. The minimum Gasteiger partial charge on any atom is -0.480 e. The largest absolute Gasteiger partial charge is 0.480 e. The van der Waals surface area contributed by atoms with Crippen LogP contribution in [-0.2, 0) is 0 Å². The molecular weight excluding hydrogens is 342 g/mol. The lowest BCUT2D eigenvalue weighted by molar-refractivity contribution is -0.0527. The van der Waals surface area contributed by atoms with Gasteiger partial charge in [0.1, 0.15) is 12.1 Å². The number of anilines is 1. The van der Waals surface area contributed by atoms with E-state index in [4.69, 9.17) is 4.74 Å². The van der Waals surface area contributed by atoms with Gasteiger partial charge in [-0.25, -0.2) is 9.97 Å². The summed E-state index contributed by atoms with van der Waals surface area (Å²) >= 11 is 0. The summed E-state index contributed by atoms with van der Waals surface area (Å²) in [5, 5.41) is 3.86. The molecule has 132 valence electrons. The van der Waals surface area contributed by atoms with Crippen molar-refractivity contribution in [3.63, 3.8) is 0 Å². The van der Waals surface area contributed by atoms with E-state index in [2.05, 4.69) is 25.0 Å². The Morgan fingerprint density at radius 2 is 2.04 bits per heavy atom. The monoisotopic (exact) mass is 356 g/mol. The molecule has 0 saturated carbocycles. The zero-order valence-electron chi connectivity index (χ0n) is 13.7. The fourth-order valence-electron chi connectivity index (χ4n) is 2.95. The van der Waals surface area contributed by atoms with Crippen molar-refractivity contribution in [3.05, 3.63) is 53.9 Å². The fraction of sp³-hybridized carbons (Fsp3) is 0.167. The van der Waals surface area contributed by atoms with Gasteiger partial charge in [-0.3, -0.25) is 0 Å². The van der Waals surface area contributed by atoms with Gasteiger partial charge in [0.15, 0.2) is 0 Å². The summed E-state index contributed by atoms with van der Waals surface area (Å²) in [7, 11) is 1.56. The number of hydrogen-bond donors (Lipinski definition) is 1. The van der Waals surface area contributed by atoms with Crippen LogP contribution >= 0.6 is 0 Å². The lowest BCUT2D eigenvalue weighted by atomic mass is 9.95. The number of fused-ring (bicyclic) bond motifs is 2. The van der Waals surface area contributed by atoms with Crippen molar-refractivity contribution in [2.24, 2.45) is 0 Å². The Morgan fingerprint density at radius 3 is 2.85 bits per heavy atom. The lowest BCUT2D eigenvalue weighted by Crippen LogP contribution is -2.12. The molecule has 3 aromatic rings. The van der Waals surface area contributed by atoms with Gasteiger partial charge in [0.05, 0.1) is 18.0 Å². The molecule has 1 aliphatic heterocycles. The number of methoxy groups -OCH3 is 1. The Bertz CT molecular complexity index is 1010. The van der Waals surface area contributed by atoms with Gasteiger partial charge in [-0.1, -0.05) is 12.1 Å². The first-order valence-corrected chi connectivity index (χ1v) is 7.85. The van der Waals surface area contributed by atoms with Crippen LogP contribution in [0.4, 0.5) is 14.6 Å². The van der Waals surface area contributed by atoms with E-state index in [-0.39, 0.29) is 5.88 Å². The fourth-order valence-corrected chi connectivity index (χ4v) is 2.95. The molecule has 6 nitrogen and oxygen atoms in total. The molecule has 0 bridgehead atoms. The second kappa shape index (κ2) is 6.55. The highest BCUT2D eigenvalue weighted by Crippen LogP contribution is 2.35. The van der Waals surface area contributed by atoms with Crippen LogP contribution in [0.25, 0.3) is 16.5 Å². The van der Waals surface area contributed by atoms with Crippen molar-refractivity contribution in [2.75, 3.05) is 19.0 Å². The molecule has 0 unspecified atom stereocenters. The smallest absolute Gasteiger partial charge is 0.388 e. The first-order valence-electron chi connectivity index (χ1n) is 7.85. The van der Waals surface area contributed by atoms with Gasteiger partial charge in [0.25, 0.3) is 0 Å². The van der Waals surface area contributed by atoms with Gasteiger partial charge < -0.3 is 14.8 Å². The van der Waals surface area contributed by atoms with Crippen LogP contribution in [0.2, 0.25) is 0 Å². The highest BCUT2D eigenvalue weighted by Gasteiger charge is 2.18. The summed E-state index contributed by atoms with van der Waals surface area (Å²) in [5.74, 6) is 0.864. The van der Waals surface area contributed by atoms with Crippen molar-refractivity contribution in [1.82, 2.24) is 15.0 Å². The highest BCUT2D eigenvalue weighted by atomic mass is 19.3. The molecule has 26 heavy (non-hydrogen) atoms. The van der Waals surface area contributed by atoms with Crippen molar-refractivity contribution in [2.45, 2.75) is 6.61 Å². The molecule has 0 atom stereocenters. The highest BCUT2D eigenvalue weighted by molar-refractivity contribution is 5.93. The Balaban J connectivity index is 1.78. The van der Waals surface area contributed by atoms with Crippen molar-refractivity contribution in [1.29, 1.82) is 0 Å². The SMILES string of the molecule is COc1ncnc2ccc(C3=CCNc4nc(OC(F)F)ccc43)cc12. The molecule has 1 aromatic carbocycles. The van der Waals surface area contributed by atoms with Crippen molar-refractivity contribution in [3.8, 4) is 11.8 Å². The third-order valence-electron chi connectivity index (χ3n) is 4.05. The van der Waals surface area contributed by atoms with E-state index in [0.29, 0.717) is 18.2 Å². The zero-order valence-corrected chi connectivity index (χ0v) is 13.7. The number of aromatic nitrogens is 3. The maximum atomic E-state index is 12.4. The van der Waals surface area contributed by atoms with E-state index in [9.17, 15) is 8.78 Å². The standard InChI is InChI=1S/C18H14F2N4O2/c1-25-17-13-8-10(2-4-14(13)22-9-23-17)11-6-7-21-16-12(11)3-5-15(24-16)26-18(19)20/h2-6,8-9,18H,7H2,1H3,(H,21,24).